The Balaban J connectivity index is 1.42. The highest BCUT2D eigenvalue weighted by Crippen LogP contribution is 2.34. The second kappa shape index (κ2) is 8.90. The van der Waals surface area contributed by atoms with Gasteiger partial charge in [-0.1, -0.05) is 24.3 Å². The van der Waals surface area contributed by atoms with Crippen molar-refractivity contribution >= 4 is 11.9 Å². The second-order valence-electron chi connectivity index (χ2n) is 7.28. The summed E-state index contributed by atoms with van der Waals surface area (Å²) in [7, 11) is 0. The molecule has 2 aliphatic carbocycles. The average Bonchev–Trinajstić information content (AvgIpc) is 3.59. The van der Waals surface area contributed by atoms with Crippen molar-refractivity contribution in [1.29, 1.82) is 0 Å². The number of carbonyl (C=O) groups is 2. The van der Waals surface area contributed by atoms with Crippen molar-refractivity contribution in [3.05, 3.63) is 66.0 Å². The van der Waals surface area contributed by atoms with Gasteiger partial charge in [0.1, 0.15) is 11.3 Å². The van der Waals surface area contributed by atoms with E-state index >= 15 is 0 Å². The van der Waals surface area contributed by atoms with Crippen LogP contribution in [0.4, 0.5) is 0 Å². The monoisotopic (exact) mass is 392 g/mol. The molecule has 6 heteroatoms. The number of esters is 1. The van der Waals surface area contributed by atoms with Gasteiger partial charge in [-0.05, 0) is 62.8 Å². The van der Waals surface area contributed by atoms with Gasteiger partial charge < -0.3 is 14.4 Å². The number of hydrogen-bond donors (Lipinski definition) is 0. The largest absolute Gasteiger partial charge is 0.452 e. The first-order valence-corrected chi connectivity index (χ1v) is 10.1. The van der Waals surface area contributed by atoms with E-state index in [9.17, 15) is 9.59 Å². The van der Waals surface area contributed by atoms with Gasteiger partial charge in [0.2, 0.25) is 5.88 Å². The SMILES string of the molecule is O=C(OCC(=O)N(C1=CCCCC1)C1CC1)c1cccnc1Oc1ccccc1. The van der Waals surface area contributed by atoms with Crippen molar-refractivity contribution in [3.63, 3.8) is 0 Å². The minimum absolute atomic E-state index is 0.158. The third-order valence-electron chi connectivity index (χ3n) is 5.03. The molecule has 0 unspecified atom stereocenters. The quantitative estimate of drug-likeness (QED) is 0.650. The van der Waals surface area contributed by atoms with E-state index in [1.54, 1.807) is 30.5 Å². The lowest BCUT2D eigenvalue weighted by molar-refractivity contribution is -0.133. The zero-order valence-corrected chi connectivity index (χ0v) is 16.3. The van der Waals surface area contributed by atoms with Gasteiger partial charge >= 0.3 is 5.97 Å². The first-order valence-electron chi connectivity index (χ1n) is 10.1. The fourth-order valence-corrected chi connectivity index (χ4v) is 3.47. The van der Waals surface area contributed by atoms with E-state index in [2.05, 4.69) is 11.1 Å². The van der Waals surface area contributed by atoms with E-state index in [-0.39, 0.29) is 30.0 Å². The molecule has 150 valence electrons. The minimum atomic E-state index is -0.620. The first-order chi connectivity index (χ1) is 14.2. The maximum Gasteiger partial charge on any atom is 0.344 e. The minimum Gasteiger partial charge on any atom is -0.452 e. The van der Waals surface area contributed by atoms with Crippen LogP contribution in [0.5, 0.6) is 11.6 Å². The highest BCUT2D eigenvalue weighted by Gasteiger charge is 2.35. The van der Waals surface area contributed by atoms with Gasteiger partial charge in [0.15, 0.2) is 6.61 Å². The third kappa shape index (κ3) is 4.83. The van der Waals surface area contributed by atoms with Crippen LogP contribution in [0.2, 0.25) is 0 Å². The molecule has 2 aliphatic rings. The summed E-state index contributed by atoms with van der Waals surface area (Å²) in [5, 5.41) is 0. The summed E-state index contributed by atoms with van der Waals surface area (Å²) in [5.74, 6) is -0.0557. The predicted molar refractivity (Wildman–Crippen MR) is 107 cm³/mol. The van der Waals surface area contributed by atoms with Gasteiger partial charge in [0.05, 0.1) is 0 Å². The van der Waals surface area contributed by atoms with Gasteiger partial charge in [-0.15, -0.1) is 0 Å². The van der Waals surface area contributed by atoms with Crippen LogP contribution in [-0.2, 0) is 9.53 Å². The van der Waals surface area contributed by atoms with Crippen molar-refractivity contribution in [3.8, 4) is 11.6 Å². The molecule has 29 heavy (non-hydrogen) atoms. The Hall–Kier alpha value is -3.15. The first kappa shape index (κ1) is 19.2. The molecule has 1 saturated carbocycles. The molecule has 0 spiro atoms. The molecule has 0 saturated heterocycles. The Bertz CT molecular complexity index is 906. The second-order valence-corrected chi connectivity index (χ2v) is 7.28. The van der Waals surface area contributed by atoms with Gasteiger partial charge in [0, 0.05) is 17.9 Å². The summed E-state index contributed by atoms with van der Waals surface area (Å²) in [6.45, 7) is -0.285. The number of rotatable bonds is 7. The molecule has 1 aromatic heterocycles. The number of allylic oxidation sites excluding steroid dienone is 2. The molecule has 1 amide bonds. The fourth-order valence-electron chi connectivity index (χ4n) is 3.47. The normalized spacial score (nSPS) is 15.9. The molecule has 0 radical (unpaired) electrons. The summed E-state index contributed by atoms with van der Waals surface area (Å²) < 4.78 is 11.1. The van der Waals surface area contributed by atoms with Gasteiger partial charge in [0.25, 0.3) is 5.91 Å². The lowest BCUT2D eigenvalue weighted by Gasteiger charge is -2.27. The number of pyridine rings is 1. The van der Waals surface area contributed by atoms with Crippen molar-refractivity contribution in [1.82, 2.24) is 9.88 Å². The van der Waals surface area contributed by atoms with E-state index in [1.165, 1.54) is 0 Å². The van der Waals surface area contributed by atoms with Crippen molar-refractivity contribution in [2.75, 3.05) is 6.61 Å². The molecule has 0 N–H and O–H groups in total. The molecule has 0 atom stereocenters. The molecule has 1 fully saturated rings. The van der Waals surface area contributed by atoms with Crippen LogP contribution >= 0.6 is 0 Å². The molecule has 1 aromatic carbocycles. The molecule has 0 bridgehead atoms. The number of carbonyl (C=O) groups excluding carboxylic acids is 2. The molecular formula is C23H24N2O4. The number of amides is 1. The van der Waals surface area contributed by atoms with Crippen molar-refractivity contribution in [2.24, 2.45) is 0 Å². The smallest absolute Gasteiger partial charge is 0.344 e. The molecule has 1 heterocycles. The zero-order valence-electron chi connectivity index (χ0n) is 16.3. The number of benzene rings is 1. The van der Waals surface area contributed by atoms with Gasteiger partial charge in [-0.25, -0.2) is 9.78 Å². The average molecular weight is 392 g/mol. The highest BCUT2D eigenvalue weighted by atomic mass is 16.5. The maximum absolute atomic E-state index is 12.8. The van der Waals surface area contributed by atoms with E-state index in [4.69, 9.17) is 9.47 Å². The standard InChI is InChI=1S/C23H24N2O4/c26-21(25(18-13-14-18)17-8-3-1-4-9-17)16-28-23(27)20-12-7-15-24-22(20)29-19-10-5-2-6-11-19/h2,5-8,10-12,15,18H,1,3-4,9,13-14,16H2. The lowest BCUT2D eigenvalue weighted by atomic mass is 10.0. The van der Waals surface area contributed by atoms with Crippen LogP contribution in [0.3, 0.4) is 0 Å². The van der Waals surface area contributed by atoms with E-state index in [0.717, 1.165) is 44.2 Å². The van der Waals surface area contributed by atoms with E-state index in [0.29, 0.717) is 5.75 Å². The summed E-state index contributed by atoms with van der Waals surface area (Å²) in [6.07, 6.45) is 9.88. The number of hydrogen-bond acceptors (Lipinski definition) is 5. The maximum atomic E-state index is 12.8. The Morgan fingerprint density at radius 2 is 1.90 bits per heavy atom. The van der Waals surface area contributed by atoms with Crippen LogP contribution in [0.15, 0.2) is 60.4 Å². The Morgan fingerprint density at radius 3 is 2.62 bits per heavy atom. The van der Waals surface area contributed by atoms with Crippen molar-refractivity contribution < 1.29 is 19.1 Å². The summed E-state index contributed by atoms with van der Waals surface area (Å²) in [6, 6.07) is 12.6. The highest BCUT2D eigenvalue weighted by molar-refractivity contribution is 5.93. The molecule has 4 rings (SSSR count). The molecular weight excluding hydrogens is 368 g/mol. The van der Waals surface area contributed by atoms with Crippen LogP contribution in [0.1, 0.15) is 48.9 Å². The lowest BCUT2D eigenvalue weighted by Crippen LogP contribution is -2.36. The molecule has 2 aromatic rings. The Kier molecular flexibility index (Phi) is 5.89. The van der Waals surface area contributed by atoms with Crippen LogP contribution in [0, 0.1) is 0 Å². The Labute approximate surface area is 170 Å². The van der Waals surface area contributed by atoms with Crippen LogP contribution in [-0.4, -0.2) is 34.4 Å². The van der Waals surface area contributed by atoms with Crippen LogP contribution in [0.25, 0.3) is 0 Å². The number of nitrogens with zero attached hydrogens (tertiary/aromatic N) is 2. The van der Waals surface area contributed by atoms with E-state index in [1.807, 2.05) is 23.1 Å². The summed E-state index contributed by atoms with van der Waals surface area (Å²) >= 11 is 0. The zero-order chi connectivity index (χ0) is 20.1. The van der Waals surface area contributed by atoms with Crippen molar-refractivity contribution in [2.45, 2.75) is 44.6 Å². The predicted octanol–water partition coefficient (Wildman–Crippen LogP) is 4.48. The number of ether oxygens (including phenoxy) is 2. The van der Waals surface area contributed by atoms with Crippen LogP contribution < -0.4 is 4.74 Å². The summed E-state index contributed by atoms with van der Waals surface area (Å²) in [4.78, 5) is 31.4. The Morgan fingerprint density at radius 1 is 1.07 bits per heavy atom. The van der Waals surface area contributed by atoms with Gasteiger partial charge in [-0.3, -0.25) is 4.79 Å². The molecule has 6 nitrogen and oxygen atoms in total. The number of para-hydroxylation sites is 1. The van der Waals surface area contributed by atoms with E-state index < -0.39 is 5.97 Å². The topological polar surface area (TPSA) is 68.7 Å². The van der Waals surface area contributed by atoms with Gasteiger partial charge in [-0.2, -0.15) is 0 Å². The summed E-state index contributed by atoms with van der Waals surface area (Å²) in [5.41, 5.74) is 1.27. The third-order valence-corrected chi connectivity index (χ3v) is 5.03. The number of aromatic nitrogens is 1. The fraction of sp³-hybridized carbons (Fsp3) is 0.348. The molecule has 0 aliphatic heterocycles.